The number of hydrogen-bond acceptors (Lipinski definition) is 9. The van der Waals surface area contributed by atoms with Crippen LogP contribution in [0.5, 0.6) is 0 Å². The summed E-state index contributed by atoms with van der Waals surface area (Å²) in [6.07, 6.45) is 3.86. The monoisotopic (exact) mass is 452 g/mol. The Balaban J connectivity index is 1.64. The minimum Gasteiger partial charge on any atom is -0.383 e. The van der Waals surface area contributed by atoms with Crippen LogP contribution >= 0.6 is 11.6 Å². The maximum Gasteiger partial charge on any atom is 0.263 e. The molecule has 0 spiro atoms. The van der Waals surface area contributed by atoms with Gasteiger partial charge >= 0.3 is 0 Å². The molecule has 1 aliphatic carbocycles. The van der Waals surface area contributed by atoms with E-state index < -0.39 is 0 Å². The summed E-state index contributed by atoms with van der Waals surface area (Å²) in [5, 5.41) is 16.4. The van der Waals surface area contributed by atoms with E-state index in [9.17, 15) is 4.79 Å². The molecule has 1 aliphatic rings. The average molecular weight is 453 g/mol. The number of hydrogen-bond donors (Lipinski definition) is 2. The Morgan fingerprint density at radius 1 is 1.31 bits per heavy atom. The van der Waals surface area contributed by atoms with E-state index in [1.807, 2.05) is 6.92 Å². The van der Waals surface area contributed by atoms with Crippen molar-refractivity contribution < 1.29 is 0 Å². The standard InChI is InChI=1S/C20H21ClN10O/c1-3-12(25-17-15(16(22)23-9-24-17)18-27-29-30(2)28-18)19-26-13-6-4-5-11(21)14(13)20(32)31(19)10-7-8-10/h4-6,9-10,12H,3,7-8H2,1-2H3,(H3,22,23,24,25)/t12-/m0/s1. The van der Waals surface area contributed by atoms with Crippen molar-refractivity contribution in [3.63, 3.8) is 0 Å². The molecule has 1 aromatic carbocycles. The van der Waals surface area contributed by atoms with Crippen molar-refractivity contribution in [2.45, 2.75) is 38.3 Å². The van der Waals surface area contributed by atoms with Gasteiger partial charge in [-0.2, -0.15) is 4.80 Å². The molecule has 11 nitrogen and oxygen atoms in total. The largest absolute Gasteiger partial charge is 0.383 e. The number of benzene rings is 1. The van der Waals surface area contributed by atoms with Crippen LogP contribution in [-0.2, 0) is 7.05 Å². The van der Waals surface area contributed by atoms with E-state index in [1.165, 1.54) is 11.1 Å². The molecule has 5 rings (SSSR count). The number of nitrogens with one attached hydrogen (secondary N) is 1. The summed E-state index contributed by atoms with van der Waals surface area (Å²) in [4.78, 5) is 28.0. The number of fused-ring (bicyclic) bond motifs is 1. The molecular weight excluding hydrogens is 432 g/mol. The van der Waals surface area contributed by atoms with Gasteiger partial charge in [0, 0.05) is 6.04 Å². The van der Waals surface area contributed by atoms with Gasteiger partial charge in [-0.25, -0.2) is 15.0 Å². The molecule has 0 bridgehead atoms. The predicted octanol–water partition coefficient (Wildman–Crippen LogP) is 2.51. The van der Waals surface area contributed by atoms with Gasteiger partial charge < -0.3 is 11.1 Å². The lowest BCUT2D eigenvalue weighted by Gasteiger charge is -2.23. The van der Waals surface area contributed by atoms with Gasteiger partial charge in [-0.1, -0.05) is 24.6 Å². The van der Waals surface area contributed by atoms with E-state index in [1.54, 1.807) is 29.8 Å². The second-order valence-corrected chi connectivity index (χ2v) is 8.11. The number of anilines is 2. The van der Waals surface area contributed by atoms with E-state index in [0.29, 0.717) is 45.4 Å². The van der Waals surface area contributed by atoms with E-state index in [4.69, 9.17) is 22.3 Å². The predicted molar refractivity (Wildman–Crippen MR) is 120 cm³/mol. The third kappa shape index (κ3) is 3.44. The fraction of sp³-hybridized carbons (Fsp3) is 0.350. The highest BCUT2D eigenvalue weighted by molar-refractivity contribution is 6.35. The number of aromatic nitrogens is 8. The Morgan fingerprint density at radius 2 is 2.12 bits per heavy atom. The number of nitrogen functional groups attached to an aromatic ring is 1. The molecule has 12 heteroatoms. The zero-order valence-corrected chi connectivity index (χ0v) is 18.3. The van der Waals surface area contributed by atoms with E-state index in [-0.39, 0.29) is 23.5 Å². The summed E-state index contributed by atoms with van der Waals surface area (Å²) in [6, 6.07) is 5.09. The average Bonchev–Trinajstić information content (AvgIpc) is 3.51. The lowest BCUT2D eigenvalue weighted by molar-refractivity contribution is 0.579. The zero-order chi connectivity index (χ0) is 22.4. The van der Waals surface area contributed by atoms with Gasteiger partial charge in [0.15, 0.2) is 0 Å². The van der Waals surface area contributed by atoms with Gasteiger partial charge in [0.25, 0.3) is 5.56 Å². The number of tetrazole rings is 1. The molecule has 4 aromatic rings. The van der Waals surface area contributed by atoms with Crippen LogP contribution in [0.4, 0.5) is 11.6 Å². The van der Waals surface area contributed by atoms with Crippen LogP contribution in [0, 0.1) is 0 Å². The van der Waals surface area contributed by atoms with Gasteiger partial charge in [-0.3, -0.25) is 9.36 Å². The third-order valence-electron chi connectivity index (χ3n) is 5.46. The fourth-order valence-corrected chi connectivity index (χ4v) is 4.03. The summed E-state index contributed by atoms with van der Waals surface area (Å²) in [7, 11) is 1.66. The Hall–Kier alpha value is -3.60. The smallest absolute Gasteiger partial charge is 0.263 e. The van der Waals surface area contributed by atoms with Crippen molar-refractivity contribution in [2.75, 3.05) is 11.1 Å². The van der Waals surface area contributed by atoms with Gasteiger partial charge in [-0.05, 0) is 36.6 Å². The Labute approximate surface area is 187 Å². The normalized spacial score (nSPS) is 14.6. The maximum atomic E-state index is 13.4. The number of nitrogens with zero attached hydrogens (tertiary/aromatic N) is 8. The molecule has 0 amide bonds. The summed E-state index contributed by atoms with van der Waals surface area (Å²) in [5.74, 6) is 1.61. The van der Waals surface area contributed by atoms with E-state index in [2.05, 4.69) is 30.7 Å². The Bertz CT molecular complexity index is 1380. The molecule has 0 aliphatic heterocycles. The second-order valence-electron chi connectivity index (χ2n) is 7.70. The van der Waals surface area contributed by atoms with Crippen molar-refractivity contribution in [3.05, 3.63) is 45.7 Å². The van der Waals surface area contributed by atoms with Crippen molar-refractivity contribution >= 4 is 34.1 Å². The van der Waals surface area contributed by atoms with Crippen LogP contribution in [0.1, 0.15) is 44.1 Å². The second kappa shape index (κ2) is 7.83. The van der Waals surface area contributed by atoms with E-state index in [0.717, 1.165) is 12.8 Å². The van der Waals surface area contributed by atoms with Crippen molar-refractivity contribution in [1.82, 2.24) is 39.7 Å². The molecule has 0 radical (unpaired) electrons. The lowest BCUT2D eigenvalue weighted by Crippen LogP contribution is -2.29. The van der Waals surface area contributed by atoms with Gasteiger partial charge in [0.05, 0.1) is 29.0 Å². The highest BCUT2D eigenvalue weighted by atomic mass is 35.5. The molecular formula is C20H21ClN10O. The highest BCUT2D eigenvalue weighted by Gasteiger charge is 2.32. The van der Waals surface area contributed by atoms with Crippen LogP contribution < -0.4 is 16.6 Å². The van der Waals surface area contributed by atoms with Gasteiger partial charge in [0.1, 0.15) is 29.4 Å². The molecule has 1 saturated carbocycles. The fourth-order valence-electron chi connectivity index (χ4n) is 3.78. The number of rotatable bonds is 6. The molecule has 1 atom stereocenters. The molecule has 1 fully saturated rings. The molecule has 0 unspecified atom stereocenters. The van der Waals surface area contributed by atoms with Crippen molar-refractivity contribution in [1.29, 1.82) is 0 Å². The summed E-state index contributed by atoms with van der Waals surface area (Å²) >= 11 is 6.34. The quantitative estimate of drug-likeness (QED) is 0.451. The first kappa shape index (κ1) is 20.3. The zero-order valence-electron chi connectivity index (χ0n) is 17.5. The lowest BCUT2D eigenvalue weighted by atomic mass is 10.1. The summed E-state index contributed by atoms with van der Waals surface area (Å²) < 4.78 is 1.76. The molecule has 3 heterocycles. The number of nitrogens with two attached hydrogens (primary N) is 1. The van der Waals surface area contributed by atoms with Crippen LogP contribution in [0.2, 0.25) is 5.02 Å². The highest BCUT2D eigenvalue weighted by Crippen LogP contribution is 2.38. The first-order valence-corrected chi connectivity index (χ1v) is 10.7. The van der Waals surface area contributed by atoms with Crippen molar-refractivity contribution in [3.8, 4) is 11.4 Å². The SMILES string of the molecule is CC[C@H](Nc1ncnc(N)c1-c1nnn(C)n1)c1nc2cccc(Cl)c2c(=O)n1C1CC1. The maximum absolute atomic E-state index is 13.4. The van der Waals surface area contributed by atoms with Crippen LogP contribution in [0.15, 0.2) is 29.3 Å². The van der Waals surface area contributed by atoms with Crippen LogP contribution in [-0.4, -0.2) is 39.7 Å². The van der Waals surface area contributed by atoms with Crippen LogP contribution in [0.25, 0.3) is 22.3 Å². The minimum absolute atomic E-state index is 0.109. The van der Waals surface area contributed by atoms with Gasteiger partial charge in [0.2, 0.25) is 5.82 Å². The first-order chi connectivity index (χ1) is 15.5. The molecule has 3 aromatic heterocycles. The Morgan fingerprint density at radius 3 is 2.81 bits per heavy atom. The van der Waals surface area contributed by atoms with Gasteiger partial charge in [-0.15, -0.1) is 10.2 Å². The molecule has 164 valence electrons. The Kier molecular flexibility index (Phi) is 4.97. The minimum atomic E-state index is -0.323. The summed E-state index contributed by atoms with van der Waals surface area (Å²) in [5.41, 5.74) is 7.01. The number of aryl methyl sites for hydroxylation is 1. The molecule has 0 saturated heterocycles. The number of halogens is 1. The molecule has 32 heavy (non-hydrogen) atoms. The van der Waals surface area contributed by atoms with Crippen LogP contribution in [0.3, 0.4) is 0 Å². The topological polar surface area (TPSA) is 142 Å². The molecule has 3 N–H and O–H groups in total. The van der Waals surface area contributed by atoms with Crippen molar-refractivity contribution in [2.24, 2.45) is 7.05 Å². The first-order valence-electron chi connectivity index (χ1n) is 10.3. The van der Waals surface area contributed by atoms with E-state index >= 15 is 0 Å². The third-order valence-corrected chi connectivity index (χ3v) is 5.77. The summed E-state index contributed by atoms with van der Waals surface area (Å²) in [6.45, 7) is 2.01.